The maximum atomic E-state index is 11.4. The molecule has 0 aromatic heterocycles. The van der Waals surface area contributed by atoms with Gasteiger partial charge in [-0.05, 0) is 30.6 Å². The first kappa shape index (κ1) is 8.09. The van der Waals surface area contributed by atoms with E-state index in [0.29, 0.717) is 24.4 Å². The number of hydrogen-bond donors (Lipinski definition) is 0. The lowest BCUT2D eigenvalue weighted by Gasteiger charge is -2.31. The molecule has 2 unspecified atom stereocenters. The van der Waals surface area contributed by atoms with Gasteiger partial charge in [0.2, 0.25) is 0 Å². The normalized spacial score (nSPS) is 47.0. The highest BCUT2D eigenvalue weighted by Crippen LogP contribution is 2.44. The zero-order valence-corrected chi connectivity index (χ0v) is 7.75. The quantitative estimate of drug-likeness (QED) is 0.516. The second-order valence-electron chi connectivity index (χ2n) is 4.35. The van der Waals surface area contributed by atoms with Gasteiger partial charge in [0.25, 0.3) is 0 Å². The minimum atomic E-state index is 0.0584. The summed E-state index contributed by atoms with van der Waals surface area (Å²) in [6, 6.07) is 0. The van der Waals surface area contributed by atoms with Gasteiger partial charge >= 0.3 is 5.97 Å². The molecule has 1 saturated carbocycles. The zero-order chi connectivity index (χ0) is 8.72. The third-order valence-electron chi connectivity index (χ3n) is 3.52. The Hall–Kier alpha value is -0.530. The number of fused-ring (bicyclic) bond motifs is 1. The molecule has 2 heteroatoms. The molecule has 0 bridgehead atoms. The van der Waals surface area contributed by atoms with Gasteiger partial charge in [0.05, 0.1) is 12.5 Å². The van der Waals surface area contributed by atoms with E-state index in [2.05, 4.69) is 13.8 Å². The first-order chi connectivity index (χ1) is 5.70. The Labute approximate surface area is 73.3 Å². The van der Waals surface area contributed by atoms with Crippen molar-refractivity contribution in [3.63, 3.8) is 0 Å². The van der Waals surface area contributed by atoms with Gasteiger partial charge in [-0.15, -0.1) is 0 Å². The van der Waals surface area contributed by atoms with Crippen LogP contribution in [0.25, 0.3) is 0 Å². The summed E-state index contributed by atoms with van der Waals surface area (Å²) in [6.45, 7) is 5.01. The Morgan fingerprint density at radius 3 is 2.67 bits per heavy atom. The van der Waals surface area contributed by atoms with E-state index in [1.807, 2.05) is 0 Å². The van der Waals surface area contributed by atoms with Gasteiger partial charge in [0, 0.05) is 0 Å². The summed E-state index contributed by atoms with van der Waals surface area (Å²) in [5.41, 5.74) is 0. The summed E-state index contributed by atoms with van der Waals surface area (Å²) in [5, 5.41) is 0. The van der Waals surface area contributed by atoms with Crippen LogP contribution in [0, 0.1) is 23.7 Å². The van der Waals surface area contributed by atoms with Crippen molar-refractivity contribution in [2.75, 3.05) is 6.61 Å². The molecule has 12 heavy (non-hydrogen) atoms. The Balaban J connectivity index is 2.18. The Bertz CT molecular complexity index is 200. The number of cyclic esters (lactones) is 1. The van der Waals surface area contributed by atoms with Crippen molar-refractivity contribution < 1.29 is 9.53 Å². The van der Waals surface area contributed by atoms with E-state index in [0.717, 1.165) is 0 Å². The molecule has 0 N–H and O–H groups in total. The van der Waals surface area contributed by atoms with Gasteiger partial charge in [0.15, 0.2) is 0 Å². The fourth-order valence-electron chi connectivity index (χ4n) is 2.72. The lowest BCUT2D eigenvalue weighted by atomic mass is 9.81. The van der Waals surface area contributed by atoms with Crippen LogP contribution in [0.1, 0.15) is 26.7 Å². The van der Waals surface area contributed by atoms with Gasteiger partial charge < -0.3 is 4.74 Å². The maximum Gasteiger partial charge on any atom is 0.309 e. The molecule has 68 valence electrons. The van der Waals surface area contributed by atoms with Gasteiger partial charge in [-0.1, -0.05) is 13.8 Å². The smallest absolute Gasteiger partial charge is 0.309 e. The van der Waals surface area contributed by atoms with E-state index in [-0.39, 0.29) is 11.9 Å². The summed E-state index contributed by atoms with van der Waals surface area (Å²) < 4.78 is 5.14. The molecule has 2 fully saturated rings. The molecule has 0 spiro atoms. The SMILES string of the molecule is CC1COC(=O)C2[C@@H]1CC[C@@H]2C. The average molecular weight is 168 g/mol. The Morgan fingerprint density at radius 1 is 1.25 bits per heavy atom. The third-order valence-corrected chi connectivity index (χ3v) is 3.52. The molecule has 1 aliphatic heterocycles. The molecule has 2 rings (SSSR count). The van der Waals surface area contributed by atoms with Crippen molar-refractivity contribution in [1.29, 1.82) is 0 Å². The van der Waals surface area contributed by atoms with Crippen molar-refractivity contribution in [3.8, 4) is 0 Å². The van der Waals surface area contributed by atoms with Crippen molar-refractivity contribution in [1.82, 2.24) is 0 Å². The summed E-state index contributed by atoms with van der Waals surface area (Å²) >= 11 is 0. The summed E-state index contributed by atoms with van der Waals surface area (Å²) in [4.78, 5) is 11.4. The Kier molecular flexibility index (Phi) is 1.85. The van der Waals surface area contributed by atoms with Crippen LogP contribution in [0.2, 0.25) is 0 Å². The molecular weight excluding hydrogens is 152 g/mol. The van der Waals surface area contributed by atoms with Gasteiger partial charge in [-0.3, -0.25) is 4.79 Å². The average Bonchev–Trinajstić information content (AvgIpc) is 2.42. The fraction of sp³-hybridized carbons (Fsp3) is 0.900. The number of carbonyl (C=O) groups excluding carboxylic acids is 1. The predicted octanol–water partition coefficient (Wildman–Crippen LogP) is 1.84. The first-order valence-corrected chi connectivity index (χ1v) is 4.87. The molecule has 0 aromatic rings. The van der Waals surface area contributed by atoms with E-state index in [9.17, 15) is 4.79 Å². The lowest BCUT2D eigenvalue weighted by Crippen LogP contribution is -2.37. The predicted molar refractivity (Wildman–Crippen MR) is 45.5 cm³/mol. The zero-order valence-electron chi connectivity index (χ0n) is 7.75. The minimum absolute atomic E-state index is 0.0584. The van der Waals surface area contributed by atoms with Crippen LogP contribution in [0.4, 0.5) is 0 Å². The van der Waals surface area contributed by atoms with E-state index in [1.165, 1.54) is 12.8 Å². The highest BCUT2D eigenvalue weighted by molar-refractivity contribution is 5.74. The Morgan fingerprint density at radius 2 is 2.00 bits per heavy atom. The van der Waals surface area contributed by atoms with Crippen LogP contribution in [-0.4, -0.2) is 12.6 Å². The molecule has 1 saturated heterocycles. The van der Waals surface area contributed by atoms with Gasteiger partial charge in [0.1, 0.15) is 0 Å². The van der Waals surface area contributed by atoms with Crippen LogP contribution in [0.5, 0.6) is 0 Å². The molecule has 0 radical (unpaired) electrons. The molecular formula is C10H16O2. The van der Waals surface area contributed by atoms with Crippen molar-refractivity contribution in [3.05, 3.63) is 0 Å². The monoisotopic (exact) mass is 168 g/mol. The molecule has 2 nitrogen and oxygen atoms in total. The molecule has 2 aliphatic rings. The second-order valence-corrected chi connectivity index (χ2v) is 4.35. The molecule has 4 atom stereocenters. The van der Waals surface area contributed by atoms with Crippen LogP contribution in [0.3, 0.4) is 0 Å². The van der Waals surface area contributed by atoms with E-state index in [1.54, 1.807) is 0 Å². The highest BCUT2D eigenvalue weighted by atomic mass is 16.5. The number of hydrogen-bond acceptors (Lipinski definition) is 2. The number of carbonyl (C=O) groups is 1. The largest absolute Gasteiger partial charge is 0.465 e. The standard InChI is InChI=1S/C10H16O2/c1-6-3-4-8-7(2)5-12-10(11)9(6)8/h6-9H,3-5H2,1-2H3/t6-,7?,8+,9?/m0/s1. The molecule has 1 aliphatic carbocycles. The van der Waals surface area contributed by atoms with E-state index >= 15 is 0 Å². The van der Waals surface area contributed by atoms with Crippen LogP contribution in [0.15, 0.2) is 0 Å². The second kappa shape index (κ2) is 2.75. The number of ether oxygens (including phenoxy) is 1. The van der Waals surface area contributed by atoms with Gasteiger partial charge in [-0.25, -0.2) is 0 Å². The molecule has 0 amide bonds. The minimum Gasteiger partial charge on any atom is -0.465 e. The van der Waals surface area contributed by atoms with E-state index < -0.39 is 0 Å². The molecule has 1 heterocycles. The fourth-order valence-corrected chi connectivity index (χ4v) is 2.72. The summed E-state index contributed by atoms with van der Waals surface area (Å²) in [7, 11) is 0. The van der Waals surface area contributed by atoms with Crippen LogP contribution >= 0.6 is 0 Å². The lowest BCUT2D eigenvalue weighted by molar-refractivity contribution is -0.160. The number of rotatable bonds is 0. The van der Waals surface area contributed by atoms with Crippen LogP contribution in [-0.2, 0) is 9.53 Å². The van der Waals surface area contributed by atoms with Crippen molar-refractivity contribution >= 4 is 5.97 Å². The first-order valence-electron chi connectivity index (χ1n) is 4.87. The summed E-state index contributed by atoms with van der Waals surface area (Å²) in [6.07, 6.45) is 2.43. The highest BCUT2D eigenvalue weighted by Gasteiger charge is 2.45. The topological polar surface area (TPSA) is 26.3 Å². The van der Waals surface area contributed by atoms with Crippen molar-refractivity contribution in [2.24, 2.45) is 23.7 Å². The van der Waals surface area contributed by atoms with E-state index in [4.69, 9.17) is 4.74 Å². The maximum absolute atomic E-state index is 11.4. The third kappa shape index (κ3) is 1.05. The summed E-state index contributed by atoms with van der Waals surface area (Å²) in [5.74, 6) is 2.01. The molecule has 0 aromatic carbocycles. The number of esters is 1. The van der Waals surface area contributed by atoms with Gasteiger partial charge in [-0.2, -0.15) is 0 Å². The van der Waals surface area contributed by atoms with Crippen LogP contribution < -0.4 is 0 Å². The van der Waals surface area contributed by atoms with Crippen molar-refractivity contribution in [2.45, 2.75) is 26.7 Å².